The van der Waals surface area contributed by atoms with E-state index < -0.39 is 0 Å². The third-order valence-electron chi connectivity index (χ3n) is 3.01. The molecule has 2 rings (SSSR count). The molecule has 0 atom stereocenters. The summed E-state index contributed by atoms with van der Waals surface area (Å²) in [6.07, 6.45) is 7.76. The Hall–Kier alpha value is -1.87. The molecule has 3 nitrogen and oxygen atoms in total. The van der Waals surface area contributed by atoms with Gasteiger partial charge in [0.05, 0.1) is 6.33 Å². The van der Waals surface area contributed by atoms with Crippen LogP contribution in [0.15, 0.2) is 48.6 Å². The summed E-state index contributed by atoms with van der Waals surface area (Å²) in [7, 11) is 0. The highest BCUT2D eigenvalue weighted by atomic mass is 15.0. The molecular weight excluding hydrogens is 246 g/mol. The molecule has 1 aromatic heterocycles. The van der Waals surface area contributed by atoms with Crippen molar-refractivity contribution in [1.82, 2.24) is 14.9 Å². The molecule has 0 saturated carbocycles. The summed E-state index contributed by atoms with van der Waals surface area (Å²) in [6.45, 7) is 9.61. The number of rotatable bonds is 4. The van der Waals surface area contributed by atoms with Crippen molar-refractivity contribution >= 4 is 6.08 Å². The summed E-state index contributed by atoms with van der Waals surface area (Å²) in [5, 5.41) is 3.49. The van der Waals surface area contributed by atoms with Gasteiger partial charge in [0.15, 0.2) is 0 Å². The van der Waals surface area contributed by atoms with Crippen molar-refractivity contribution in [2.75, 3.05) is 6.54 Å². The summed E-state index contributed by atoms with van der Waals surface area (Å²) < 4.78 is 2.00. The lowest BCUT2D eigenvalue weighted by Crippen LogP contribution is -2.36. The number of nitrogens with one attached hydrogen (secondary N) is 1. The van der Waals surface area contributed by atoms with E-state index in [2.05, 4.69) is 68.3 Å². The highest BCUT2D eigenvalue weighted by Crippen LogP contribution is 2.12. The van der Waals surface area contributed by atoms with Crippen LogP contribution in [0.2, 0.25) is 0 Å². The van der Waals surface area contributed by atoms with E-state index in [1.165, 1.54) is 11.1 Å². The second-order valence-electron chi connectivity index (χ2n) is 6.16. The third-order valence-corrected chi connectivity index (χ3v) is 3.01. The fourth-order valence-corrected chi connectivity index (χ4v) is 1.89. The fourth-order valence-electron chi connectivity index (χ4n) is 1.89. The van der Waals surface area contributed by atoms with Gasteiger partial charge in [-0.05, 0) is 45.4 Å². The topological polar surface area (TPSA) is 29.9 Å². The summed E-state index contributed by atoms with van der Waals surface area (Å²) in [5.41, 5.74) is 3.84. The maximum Gasteiger partial charge on any atom is 0.0991 e. The van der Waals surface area contributed by atoms with Crippen molar-refractivity contribution in [3.8, 4) is 5.69 Å². The zero-order chi connectivity index (χ0) is 14.6. The Bertz CT molecular complexity index is 557. The van der Waals surface area contributed by atoms with Crippen molar-refractivity contribution in [1.29, 1.82) is 0 Å². The first-order valence-corrected chi connectivity index (χ1v) is 6.95. The number of hydrogen-bond acceptors (Lipinski definition) is 2. The predicted molar refractivity (Wildman–Crippen MR) is 85.0 cm³/mol. The first-order chi connectivity index (χ1) is 9.44. The molecule has 0 spiro atoms. The molecule has 0 amide bonds. The Balaban J connectivity index is 2.03. The molecule has 1 heterocycles. The molecule has 3 heteroatoms. The minimum Gasteiger partial charge on any atom is -0.308 e. The summed E-state index contributed by atoms with van der Waals surface area (Å²) in [5.74, 6) is 0. The Morgan fingerprint density at radius 3 is 2.50 bits per heavy atom. The molecule has 0 aliphatic heterocycles. The zero-order valence-electron chi connectivity index (χ0n) is 12.7. The van der Waals surface area contributed by atoms with E-state index in [-0.39, 0.29) is 5.54 Å². The van der Waals surface area contributed by atoms with Crippen LogP contribution < -0.4 is 5.32 Å². The molecule has 0 bridgehead atoms. The predicted octanol–water partition coefficient (Wildman–Crippen LogP) is 3.66. The van der Waals surface area contributed by atoms with E-state index in [0.29, 0.717) is 0 Å². The minimum absolute atomic E-state index is 0.153. The van der Waals surface area contributed by atoms with Crippen LogP contribution in [0.25, 0.3) is 11.8 Å². The Morgan fingerprint density at radius 2 is 1.95 bits per heavy atom. The molecular formula is C17H23N3. The second-order valence-corrected chi connectivity index (χ2v) is 6.16. The lowest BCUT2D eigenvalue weighted by Gasteiger charge is -2.20. The number of imidazole rings is 1. The molecule has 0 aliphatic carbocycles. The molecule has 2 aromatic rings. The molecule has 20 heavy (non-hydrogen) atoms. The van der Waals surface area contributed by atoms with Gasteiger partial charge in [0.25, 0.3) is 0 Å². The largest absolute Gasteiger partial charge is 0.308 e. The van der Waals surface area contributed by atoms with Gasteiger partial charge in [0, 0.05) is 30.2 Å². The van der Waals surface area contributed by atoms with Crippen molar-refractivity contribution in [3.05, 3.63) is 54.1 Å². The SMILES string of the molecule is CC(=Cc1ccc(-n2ccnc2)cc1)CNC(C)(C)C. The maximum absolute atomic E-state index is 4.06. The van der Waals surface area contributed by atoms with Crippen LogP contribution in [0.3, 0.4) is 0 Å². The number of aromatic nitrogens is 2. The molecule has 1 N–H and O–H groups in total. The average Bonchev–Trinajstić information content (AvgIpc) is 2.90. The smallest absolute Gasteiger partial charge is 0.0991 e. The number of hydrogen-bond donors (Lipinski definition) is 1. The van der Waals surface area contributed by atoms with Crippen molar-refractivity contribution < 1.29 is 0 Å². The van der Waals surface area contributed by atoms with Gasteiger partial charge in [0.2, 0.25) is 0 Å². The highest BCUT2D eigenvalue weighted by Gasteiger charge is 2.07. The van der Waals surface area contributed by atoms with E-state index in [9.17, 15) is 0 Å². The van der Waals surface area contributed by atoms with Crippen LogP contribution in [0.4, 0.5) is 0 Å². The molecule has 1 aromatic carbocycles. The Morgan fingerprint density at radius 1 is 1.25 bits per heavy atom. The standard InChI is InChI=1S/C17H23N3/c1-14(12-19-17(2,3)4)11-15-5-7-16(8-6-15)20-10-9-18-13-20/h5-11,13,19H,12H2,1-4H3. The lowest BCUT2D eigenvalue weighted by molar-refractivity contribution is 0.445. The Labute approximate surface area is 121 Å². The van der Waals surface area contributed by atoms with Gasteiger partial charge in [-0.2, -0.15) is 0 Å². The molecule has 0 fully saturated rings. The minimum atomic E-state index is 0.153. The van der Waals surface area contributed by atoms with Gasteiger partial charge in [-0.1, -0.05) is 23.8 Å². The van der Waals surface area contributed by atoms with E-state index >= 15 is 0 Å². The Kier molecular flexibility index (Phi) is 4.40. The van der Waals surface area contributed by atoms with E-state index in [1.807, 2.05) is 17.1 Å². The van der Waals surface area contributed by atoms with Gasteiger partial charge >= 0.3 is 0 Å². The van der Waals surface area contributed by atoms with Gasteiger partial charge in [-0.25, -0.2) is 4.98 Å². The molecule has 0 aliphatic rings. The second kappa shape index (κ2) is 6.06. The van der Waals surface area contributed by atoms with Crippen LogP contribution >= 0.6 is 0 Å². The number of nitrogens with zero attached hydrogens (tertiary/aromatic N) is 2. The summed E-state index contributed by atoms with van der Waals surface area (Å²) in [6, 6.07) is 8.49. The quantitative estimate of drug-likeness (QED) is 0.918. The third kappa shape index (κ3) is 4.35. The van der Waals surface area contributed by atoms with E-state index in [0.717, 1.165) is 12.2 Å². The zero-order valence-corrected chi connectivity index (χ0v) is 12.7. The van der Waals surface area contributed by atoms with Crippen LogP contribution in [-0.4, -0.2) is 21.6 Å². The van der Waals surface area contributed by atoms with Crippen LogP contribution in [0.5, 0.6) is 0 Å². The first-order valence-electron chi connectivity index (χ1n) is 6.95. The lowest BCUT2D eigenvalue weighted by atomic mass is 10.1. The molecule has 0 saturated heterocycles. The van der Waals surface area contributed by atoms with Crippen LogP contribution in [-0.2, 0) is 0 Å². The molecule has 106 valence electrons. The van der Waals surface area contributed by atoms with Gasteiger partial charge < -0.3 is 9.88 Å². The van der Waals surface area contributed by atoms with Crippen molar-refractivity contribution in [2.24, 2.45) is 0 Å². The van der Waals surface area contributed by atoms with Gasteiger partial charge in [-0.15, -0.1) is 0 Å². The van der Waals surface area contributed by atoms with Crippen molar-refractivity contribution in [3.63, 3.8) is 0 Å². The average molecular weight is 269 g/mol. The summed E-state index contributed by atoms with van der Waals surface area (Å²) >= 11 is 0. The van der Waals surface area contributed by atoms with E-state index in [1.54, 1.807) is 6.20 Å². The highest BCUT2D eigenvalue weighted by molar-refractivity contribution is 5.54. The molecule has 0 radical (unpaired) electrons. The molecule has 0 unspecified atom stereocenters. The maximum atomic E-state index is 4.06. The van der Waals surface area contributed by atoms with Gasteiger partial charge in [-0.3, -0.25) is 0 Å². The van der Waals surface area contributed by atoms with Gasteiger partial charge in [0.1, 0.15) is 0 Å². The van der Waals surface area contributed by atoms with Crippen LogP contribution in [0, 0.1) is 0 Å². The number of benzene rings is 1. The summed E-state index contributed by atoms with van der Waals surface area (Å²) in [4.78, 5) is 4.06. The fraction of sp³-hybridized carbons (Fsp3) is 0.353. The van der Waals surface area contributed by atoms with Crippen LogP contribution in [0.1, 0.15) is 33.3 Å². The first kappa shape index (κ1) is 14.5. The monoisotopic (exact) mass is 269 g/mol. The van der Waals surface area contributed by atoms with Crippen molar-refractivity contribution in [2.45, 2.75) is 33.2 Å². The normalized spacial score (nSPS) is 12.7. The van der Waals surface area contributed by atoms with E-state index in [4.69, 9.17) is 0 Å².